The standard InChI is InChI=1S/C17H22ClN5O3S/c1-17(2,3)26-16(25)23-6-4-10(5-7-23)8-19-13(24)15-22-11-12(18)20-9-21-14(11)27-15/h9-10H,4-8H2,1-3H3,(H,19,24). The van der Waals surface area contributed by atoms with E-state index in [9.17, 15) is 9.59 Å². The summed E-state index contributed by atoms with van der Waals surface area (Å²) in [4.78, 5) is 38.9. The van der Waals surface area contributed by atoms with Gasteiger partial charge >= 0.3 is 6.09 Å². The highest BCUT2D eigenvalue weighted by atomic mass is 35.5. The number of carbonyl (C=O) groups excluding carboxylic acids is 2. The lowest BCUT2D eigenvalue weighted by molar-refractivity contribution is 0.0183. The van der Waals surface area contributed by atoms with Gasteiger partial charge in [0.25, 0.3) is 5.91 Å². The molecule has 0 atom stereocenters. The summed E-state index contributed by atoms with van der Waals surface area (Å²) in [5.41, 5.74) is -0.0492. The third-order valence-electron chi connectivity index (χ3n) is 4.16. The van der Waals surface area contributed by atoms with Crippen molar-refractivity contribution in [2.75, 3.05) is 19.6 Å². The van der Waals surface area contributed by atoms with Gasteiger partial charge in [-0.25, -0.2) is 19.7 Å². The van der Waals surface area contributed by atoms with Crippen molar-refractivity contribution in [3.63, 3.8) is 0 Å². The lowest BCUT2D eigenvalue weighted by Gasteiger charge is -2.33. The molecule has 0 radical (unpaired) electrons. The van der Waals surface area contributed by atoms with Gasteiger partial charge in [0.05, 0.1) is 0 Å². The Balaban J connectivity index is 1.49. The van der Waals surface area contributed by atoms with Crippen LogP contribution in [0.5, 0.6) is 0 Å². The number of piperidine rings is 1. The van der Waals surface area contributed by atoms with E-state index < -0.39 is 5.60 Å². The minimum atomic E-state index is -0.494. The Kier molecular flexibility index (Phi) is 5.81. The summed E-state index contributed by atoms with van der Waals surface area (Å²) in [6.45, 7) is 7.36. The van der Waals surface area contributed by atoms with E-state index >= 15 is 0 Å². The molecule has 0 spiro atoms. The number of rotatable bonds is 3. The van der Waals surface area contributed by atoms with Gasteiger partial charge in [-0.3, -0.25) is 4.79 Å². The molecule has 1 N–H and O–H groups in total. The Morgan fingerprint density at radius 3 is 2.67 bits per heavy atom. The molecule has 3 rings (SSSR count). The largest absolute Gasteiger partial charge is 0.444 e. The van der Waals surface area contributed by atoms with Gasteiger partial charge in [0.15, 0.2) is 10.2 Å². The van der Waals surface area contributed by atoms with Crippen molar-refractivity contribution >= 4 is 45.3 Å². The predicted octanol–water partition coefficient (Wildman–Crippen LogP) is 3.12. The van der Waals surface area contributed by atoms with E-state index in [4.69, 9.17) is 16.3 Å². The zero-order chi connectivity index (χ0) is 19.6. The molecule has 10 heteroatoms. The Labute approximate surface area is 166 Å². The summed E-state index contributed by atoms with van der Waals surface area (Å²) < 4.78 is 5.40. The van der Waals surface area contributed by atoms with Gasteiger partial charge < -0.3 is 15.0 Å². The Morgan fingerprint density at radius 2 is 2.04 bits per heavy atom. The highest BCUT2D eigenvalue weighted by molar-refractivity contribution is 7.19. The molecule has 0 aliphatic carbocycles. The first kappa shape index (κ1) is 19.8. The molecule has 8 nitrogen and oxygen atoms in total. The Morgan fingerprint density at radius 1 is 1.33 bits per heavy atom. The van der Waals surface area contributed by atoms with Crippen LogP contribution in [0.1, 0.15) is 43.4 Å². The second-order valence-electron chi connectivity index (χ2n) is 7.46. The number of fused-ring (bicyclic) bond motifs is 1. The molecular weight excluding hydrogens is 390 g/mol. The van der Waals surface area contributed by atoms with Gasteiger partial charge in [-0.2, -0.15) is 0 Å². The second kappa shape index (κ2) is 7.93. The second-order valence-corrected chi connectivity index (χ2v) is 8.79. The number of ether oxygens (including phenoxy) is 1. The average molecular weight is 412 g/mol. The number of hydrogen-bond donors (Lipinski definition) is 1. The van der Waals surface area contributed by atoms with Crippen LogP contribution in [-0.4, -0.2) is 57.1 Å². The van der Waals surface area contributed by atoms with E-state index in [1.807, 2.05) is 20.8 Å². The van der Waals surface area contributed by atoms with Crippen LogP contribution >= 0.6 is 22.9 Å². The molecule has 1 saturated heterocycles. The van der Waals surface area contributed by atoms with Crippen LogP contribution in [0.25, 0.3) is 10.3 Å². The number of aromatic nitrogens is 3. The monoisotopic (exact) mass is 411 g/mol. The molecule has 0 bridgehead atoms. The third kappa shape index (κ3) is 5.04. The number of likely N-dealkylation sites (tertiary alicyclic amines) is 1. The normalized spacial score (nSPS) is 15.8. The van der Waals surface area contributed by atoms with Crippen LogP contribution < -0.4 is 5.32 Å². The fourth-order valence-electron chi connectivity index (χ4n) is 2.78. The zero-order valence-corrected chi connectivity index (χ0v) is 17.1. The smallest absolute Gasteiger partial charge is 0.410 e. The lowest BCUT2D eigenvalue weighted by atomic mass is 9.97. The summed E-state index contributed by atoms with van der Waals surface area (Å²) in [5.74, 6) is 0.0639. The summed E-state index contributed by atoms with van der Waals surface area (Å²) in [7, 11) is 0. The summed E-state index contributed by atoms with van der Waals surface area (Å²) >= 11 is 7.16. The van der Waals surface area contributed by atoms with E-state index in [0.717, 1.165) is 12.8 Å². The molecule has 2 aromatic heterocycles. The SMILES string of the molecule is CC(C)(C)OC(=O)N1CCC(CNC(=O)c2nc3c(Cl)ncnc3s2)CC1. The number of thiazole rings is 1. The first-order valence-corrected chi connectivity index (χ1v) is 9.95. The molecule has 2 amide bonds. The van der Waals surface area contributed by atoms with E-state index in [1.54, 1.807) is 4.90 Å². The molecule has 1 aliphatic heterocycles. The molecule has 1 fully saturated rings. The van der Waals surface area contributed by atoms with Crippen molar-refractivity contribution in [2.24, 2.45) is 5.92 Å². The number of carbonyl (C=O) groups is 2. The predicted molar refractivity (Wildman–Crippen MR) is 103 cm³/mol. The van der Waals surface area contributed by atoms with Crippen molar-refractivity contribution in [3.05, 3.63) is 16.5 Å². The Hall–Kier alpha value is -2.00. The fraction of sp³-hybridized carbons (Fsp3) is 0.588. The zero-order valence-electron chi connectivity index (χ0n) is 15.5. The number of hydrogen-bond acceptors (Lipinski definition) is 7. The summed E-state index contributed by atoms with van der Waals surface area (Å²) in [6, 6.07) is 0. The number of nitrogens with zero attached hydrogens (tertiary/aromatic N) is 4. The molecule has 3 heterocycles. The molecule has 0 aromatic carbocycles. The number of nitrogens with one attached hydrogen (secondary N) is 1. The van der Waals surface area contributed by atoms with Gasteiger partial charge in [0.2, 0.25) is 0 Å². The minimum Gasteiger partial charge on any atom is -0.444 e. The number of amides is 2. The van der Waals surface area contributed by atoms with Crippen LogP contribution in [0, 0.1) is 5.92 Å². The minimum absolute atomic E-state index is 0.241. The highest BCUT2D eigenvalue weighted by Gasteiger charge is 2.27. The van der Waals surface area contributed by atoms with Crippen molar-refractivity contribution in [1.82, 2.24) is 25.2 Å². The summed E-state index contributed by atoms with van der Waals surface area (Å²) in [5, 5.41) is 3.47. The van der Waals surface area contributed by atoms with Crippen LogP contribution in [0.2, 0.25) is 5.15 Å². The van der Waals surface area contributed by atoms with E-state index in [1.165, 1.54) is 17.7 Å². The van der Waals surface area contributed by atoms with E-state index in [2.05, 4.69) is 20.3 Å². The van der Waals surface area contributed by atoms with Gasteiger partial charge in [-0.15, -0.1) is 0 Å². The van der Waals surface area contributed by atoms with E-state index in [-0.39, 0.29) is 17.2 Å². The topological polar surface area (TPSA) is 97.3 Å². The molecule has 0 unspecified atom stereocenters. The van der Waals surface area contributed by atoms with Crippen molar-refractivity contribution in [3.8, 4) is 0 Å². The summed E-state index contributed by atoms with van der Waals surface area (Å²) in [6.07, 6.45) is 2.70. The first-order valence-electron chi connectivity index (χ1n) is 8.76. The van der Waals surface area contributed by atoms with Crippen molar-refractivity contribution in [2.45, 2.75) is 39.2 Å². The van der Waals surface area contributed by atoms with Crippen LogP contribution in [-0.2, 0) is 4.74 Å². The van der Waals surface area contributed by atoms with Crippen LogP contribution in [0.4, 0.5) is 4.79 Å². The first-order chi connectivity index (χ1) is 12.7. The van der Waals surface area contributed by atoms with Crippen molar-refractivity contribution in [1.29, 1.82) is 0 Å². The molecule has 1 aliphatic rings. The van der Waals surface area contributed by atoms with Gasteiger partial charge in [-0.05, 0) is 39.5 Å². The molecule has 0 saturated carbocycles. The Bertz CT molecular complexity index is 843. The van der Waals surface area contributed by atoms with Gasteiger partial charge in [0.1, 0.15) is 22.3 Å². The van der Waals surface area contributed by atoms with E-state index in [0.29, 0.717) is 40.9 Å². The van der Waals surface area contributed by atoms with Gasteiger partial charge in [0, 0.05) is 19.6 Å². The quantitative estimate of drug-likeness (QED) is 0.779. The molecule has 146 valence electrons. The molecule has 27 heavy (non-hydrogen) atoms. The maximum Gasteiger partial charge on any atom is 0.410 e. The van der Waals surface area contributed by atoms with Gasteiger partial charge in [-0.1, -0.05) is 22.9 Å². The van der Waals surface area contributed by atoms with Crippen LogP contribution in [0.3, 0.4) is 0 Å². The lowest BCUT2D eigenvalue weighted by Crippen LogP contribution is -2.43. The average Bonchev–Trinajstić information content (AvgIpc) is 3.04. The maximum absolute atomic E-state index is 12.4. The van der Waals surface area contributed by atoms with Crippen molar-refractivity contribution < 1.29 is 14.3 Å². The maximum atomic E-state index is 12.4. The molecule has 2 aromatic rings. The number of halogens is 1. The third-order valence-corrected chi connectivity index (χ3v) is 5.40. The molecular formula is C17H22ClN5O3S. The fourth-order valence-corrected chi connectivity index (χ4v) is 3.84. The van der Waals surface area contributed by atoms with Crippen LogP contribution in [0.15, 0.2) is 6.33 Å². The highest BCUT2D eigenvalue weighted by Crippen LogP contribution is 2.24.